The molecule has 5 N–H and O–H groups in total. The van der Waals surface area contributed by atoms with Gasteiger partial charge in [-0.1, -0.05) is 0 Å². The Morgan fingerprint density at radius 1 is 0.722 bits per heavy atom. The predicted molar refractivity (Wildman–Crippen MR) is 271 cm³/mol. The monoisotopic (exact) mass is 1020 g/mol. The smallest absolute Gasteiger partial charge is 0.323 e. The van der Waals surface area contributed by atoms with Crippen LogP contribution in [0.3, 0.4) is 0 Å². The fourth-order valence-corrected chi connectivity index (χ4v) is 7.59. The van der Waals surface area contributed by atoms with E-state index in [4.69, 9.17) is 20.2 Å². The van der Waals surface area contributed by atoms with Gasteiger partial charge in [-0.05, 0) is 60.7 Å². The summed E-state index contributed by atoms with van der Waals surface area (Å²) in [6, 6.07) is 21.2. The summed E-state index contributed by atoms with van der Waals surface area (Å²) in [5, 5.41) is 23.3. The second-order valence-corrected chi connectivity index (χ2v) is 16.1. The van der Waals surface area contributed by atoms with Crippen molar-refractivity contribution in [3.05, 3.63) is 147 Å². The van der Waals surface area contributed by atoms with Gasteiger partial charge < -0.3 is 39.8 Å². The number of anilines is 1. The predicted octanol–water partition coefficient (Wildman–Crippen LogP) is 8.01. The van der Waals surface area contributed by atoms with Crippen LogP contribution >= 0.6 is 22.7 Å². The van der Waals surface area contributed by atoms with E-state index in [2.05, 4.69) is 71.6 Å². The molecule has 10 rings (SSSR count). The summed E-state index contributed by atoms with van der Waals surface area (Å²) in [5.41, 5.74) is 14.9. The summed E-state index contributed by atoms with van der Waals surface area (Å²) in [5.74, 6) is 1.51. The first-order chi connectivity index (χ1) is 35.1. The van der Waals surface area contributed by atoms with Crippen LogP contribution < -0.4 is 11.1 Å². The molecule has 372 valence electrons. The summed E-state index contributed by atoms with van der Waals surface area (Å²) in [7, 11) is 4.89. The first-order valence-corrected chi connectivity index (χ1v) is 23.1. The van der Waals surface area contributed by atoms with Crippen LogP contribution in [0.1, 0.15) is 10.5 Å². The van der Waals surface area contributed by atoms with Crippen molar-refractivity contribution < 1.29 is 33.2 Å². The molecule has 0 aliphatic carbocycles. The third-order valence-corrected chi connectivity index (χ3v) is 11.2. The van der Waals surface area contributed by atoms with Crippen LogP contribution in [0.4, 0.5) is 21.6 Å². The minimum Gasteiger partial charge on any atom is -0.383 e. The van der Waals surface area contributed by atoms with Crippen LogP contribution in [-0.4, -0.2) is 125 Å². The minimum atomic E-state index is -1.05. The number of carbonyl (C=O) groups is 1. The van der Waals surface area contributed by atoms with E-state index in [9.17, 15) is 29.4 Å². The van der Waals surface area contributed by atoms with Crippen LogP contribution in [0.2, 0.25) is 0 Å². The Balaban J connectivity index is 0.000000162. The number of aromatic amines is 2. The number of fused-ring (bicyclic) bond motifs is 3. The van der Waals surface area contributed by atoms with E-state index in [0.717, 1.165) is 78.6 Å². The molecule has 0 saturated heterocycles. The summed E-state index contributed by atoms with van der Waals surface area (Å²) < 4.78 is 31.3. The van der Waals surface area contributed by atoms with Gasteiger partial charge in [-0.25, -0.2) is 39.9 Å². The highest BCUT2D eigenvalue weighted by Crippen LogP contribution is 2.28. The van der Waals surface area contributed by atoms with Gasteiger partial charge in [0.05, 0.1) is 79.2 Å². The van der Waals surface area contributed by atoms with Gasteiger partial charge in [0, 0.05) is 82.8 Å². The Hall–Kier alpha value is -8.40. The van der Waals surface area contributed by atoms with E-state index in [1.807, 2.05) is 53.6 Å². The van der Waals surface area contributed by atoms with Gasteiger partial charge in [-0.15, -0.1) is 22.7 Å². The van der Waals surface area contributed by atoms with E-state index in [1.54, 1.807) is 50.2 Å². The molecule has 72 heavy (non-hydrogen) atoms. The molecule has 0 atom stereocenters. The number of nitrogens with one attached hydrogen (secondary N) is 3. The number of halogens is 1. The van der Waals surface area contributed by atoms with E-state index >= 15 is 0 Å². The number of pyridine rings is 3. The number of aldehydes is 1. The zero-order valence-electron chi connectivity index (χ0n) is 38.7. The highest BCUT2D eigenvalue weighted by atomic mass is 32.1. The van der Waals surface area contributed by atoms with Crippen LogP contribution in [0, 0.1) is 26.2 Å². The maximum Gasteiger partial charge on any atom is 0.323 e. The van der Waals surface area contributed by atoms with E-state index in [0.29, 0.717) is 51.0 Å². The molecule has 23 nitrogen and oxygen atoms in total. The van der Waals surface area contributed by atoms with Crippen molar-refractivity contribution in [1.29, 1.82) is 0 Å². The van der Waals surface area contributed by atoms with Crippen molar-refractivity contribution in [3.63, 3.8) is 0 Å². The van der Waals surface area contributed by atoms with Crippen molar-refractivity contribution in [3.8, 4) is 34.3 Å². The number of nitrogens with two attached hydrogens (primary N) is 1. The number of thiazole rings is 2. The zero-order valence-corrected chi connectivity index (χ0v) is 40.4. The lowest BCUT2D eigenvalue weighted by Gasteiger charge is -2.06. The maximum absolute atomic E-state index is 12.3. The molecule has 8 aromatic heterocycles. The maximum atomic E-state index is 12.3. The third-order valence-electron chi connectivity index (χ3n) is 9.61. The molecular formula is C46H46FN15O8S2. The molecular weight excluding hydrogens is 974 g/mol. The number of H-pyrrole nitrogens is 2. The minimum absolute atomic E-state index is 0.0244. The molecule has 0 aliphatic rings. The average Bonchev–Trinajstić information content (AvgIpc) is 4.27. The van der Waals surface area contributed by atoms with Gasteiger partial charge in [0.1, 0.15) is 22.9 Å². The number of nitro groups is 2. The Morgan fingerprint density at radius 3 is 1.89 bits per heavy atom. The topological polar surface area (TPSA) is 309 Å². The standard InChI is InChI=1S/C19H16N6OS.C11H7N3OS.C8H11N3O3.C5H3FN2O2.C3H9NO/c1-26-8-7-25-18-13(3-2-6-20-18)24-19(25)15-10-21-17(23-15)12-4-5-16-14(9-12)22-11-27-16;15-5-8-4-12-11(14-8)7-1-2-10-9(3-7)13-6-16-10;1-14-6-5-10-8-7(11(12)13)3-2-4-9-8;6-5-4(8(9)10)2-1-3-7-5;1-5-3-2-4/h2-6,9-11H,7-8H2,1H3,(H,21,23);1-6H,(H,12,14);2-4H,5-6H2,1H3,(H,9,10);1-3H;2-4H2,1H3. The summed E-state index contributed by atoms with van der Waals surface area (Å²) in [4.78, 5) is 69.6. The fraction of sp³-hybridized carbons (Fsp3) is 0.196. The molecule has 26 heteroatoms. The molecule has 0 spiro atoms. The van der Waals surface area contributed by atoms with E-state index < -0.39 is 21.5 Å². The van der Waals surface area contributed by atoms with Crippen molar-refractivity contribution >= 4 is 77.7 Å². The summed E-state index contributed by atoms with van der Waals surface area (Å²) in [6.07, 6.45) is 8.51. The Bertz CT molecular complexity index is 3320. The van der Waals surface area contributed by atoms with Crippen molar-refractivity contribution in [2.75, 3.05) is 59.6 Å². The molecule has 0 radical (unpaired) electrons. The number of rotatable bonds is 15. The number of imidazole rings is 3. The Morgan fingerprint density at radius 2 is 1.32 bits per heavy atom. The number of hydrogen-bond acceptors (Lipinski definition) is 20. The first-order valence-electron chi connectivity index (χ1n) is 21.4. The van der Waals surface area contributed by atoms with Gasteiger partial charge in [-0.2, -0.15) is 4.39 Å². The SMILES string of the molecule is COCCN.COCCNc1ncccc1[N+](=O)[O-].COCCn1c(-c2cnc(-c3ccc4scnc4c3)[nH]2)nc2cccnc21.O=Cc1cnc(-c2ccc3scnc3c2)[nH]1.O=[N+]([O-])c1cccnc1F. The fourth-order valence-electron chi connectivity index (χ4n) is 6.28. The van der Waals surface area contributed by atoms with Gasteiger partial charge in [0.2, 0.25) is 5.82 Å². The number of aromatic nitrogens is 11. The third kappa shape index (κ3) is 14.3. The quantitative estimate of drug-likeness (QED) is 0.0248. The highest BCUT2D eigenvalue weighted by Gasteiger charge is 2.17. The van der Waals surface area contributed by atoms with Crippen molar-refractivity contribution in [1.82, 2.24) is 54.4 Å². The molecule has 0 fully saturated rings. The zero-order chi connectivity index (χ0) is 51.2. The Labute approximate surface area is 416 Å². The lowest BCUT2D eigenvalue weighted by Crippen LogP contribution is -2.10. The first kappa shape index (κ1) is 53.0. The largest absolute Gasteiger partial charge is 0.383 e. The molecule has 0 saturated carbocycles. The van der Waals surface area contributed by atoms with E-state index in [-0.39, 0.29) is 11.5 Å². The summed E-state index contributed by atoms with van der Waals surface area (Å²) >= 11 is 3.23. The van der Waals surface area contributed by atoms with Gasteiger partial charge in [0.25, 0.3) is 5.95 Å². The number of hydrogen-bond donors (Lipinski definition) is 4. The second kappa shape index (κ2) is 27.1. The lowest BCUT2D eigenvalue weighted by atomic mass is 10.2. The van der Waals surface area contributed by atoms with Gasteiger partial charge in [0.15, 0.2) is 17.8 Å². The summed E-state index contributed by atoms with van der Waals surface area (Å²) in [6.45, 7) is 3.51. The van der Waals surface area contributed by atoms with Crippen molar-refractivity contribution in [2.24, 2.45) is 5.73 Å². The van der Waals surface area contributed by atoms with Crippen LogP contribution in [-0.2, 0) is 20.8 Å². The van der Waals surface area contributed by atoms with Gasteiger partial charge in [-0.3, -0.25) is 25.0 Å². The van der Waals surface area contributed by atoms with E-state index in [1.165, 1.54) is 30.6 Å². The molecule has 0 bridgehead atoms. The second-order valence-electron chi connectivity index (χ2n) is 14.3. The van der Waals surface area contributed by atoms with Gasteiger partial charge >= 0.3 is 11.4 Å². The molecule has 0 aliphatic heterocycles. The van der Waals surface area contributed by atoms with Crippen LogP contribution in [0.15, 0.2) is 115 Å². The van der Waals surface area contributed by atoms with Crippen molar-refractivity contribution in [2.45, 2.75) is 6.54 Å². The molecule has 2 aromatic carbocycles. The number of ether oxygens (including phenoxy) is 3. The van der Waals surface area contributed by atoms with Crippen LogP contribution in [0.25, 0.3) is 65.9 Å². The molecule has 0 amide bonds. The lowest BCUT2D eigenvalue weighted by molar-refractivity contribution is -0.388. The molecule has 10 aromatic rings. The number of methoxy groups -OCH3 is 3. The number of carbonyl (C=O) groups excluding carboxylic acids is 1. The van der Waals surface area contributed by atoms with Crippen LogP contribution in [0.5, 0.6) is 0 Å². The normalized spacial score (nSPS) is 10.5. The number of nitrogens with zero attached hydrogens (tertiary/aromatic N) is 11. The molecule has 8 heterocycles. The highest BCUT2D eigenvalue weighted by molar-refractivity contribution is 7.17. The number of benzene rings is 2. The Kier molecular flexibility index (Phi) is 19.9. The molecule has 0 unspecified atom stereocenters. The average molecular weight is 1020 g/mol.